The van der Waals surface area contributed by atoms with E-state index in [9.17, 15) is 9.59 Å². The molecule has 0 bridgehead atoms. The number of esters is 1. The van der Waals surface area contributed by atoms with Gasteiger partial charge in [-0.1, -0.05) is 23.7 Å². The van der Waals surface area contributed by atoms with Crippen LogP contribution in [0.25, 0.3) is 0 Å². The molecule has 0 spiro atoms. The van der Waals surface area contributed by atoms with Gasteiger partial charge in [-0.15, -0.1) is 0 Å². The molecular weight excluding hydrogens is 366 g/mol. The first-order valence-electron chi connectivity index (χ1n) is 9.01. The largest absolute Gasteiger partial charge is 0.457 e. The van der Waals surface area contributed by atoms with E-state index in [-0.39, 0.29) is 18.4 Å². The number of carbonyl (C=O) groups excluding carboxylic acids is 2. The number of hydrogen-bond acceptors (Lipinski definition) is 4. The Morgan fingerprint density at radius 3 is 2.44 bits per heavy atom. The highest BCUT2D eigenvalue weighted by molar-refractivity contribution is 6.30. The Balaban J connectivity index is 1.66. The third kappa shape index (κ3) is 3.94. The zero-order valence-electron chi connectivity index (χ0n) is 15.9. The third-order valence-electron chi connectivity index (χ3n) is 5.26. The summed E-state index contributed by atoms with van der Waals surface area (Å²) in [5.74, 6) is -0.529. The molecule has 27 heavy (non-hydrogen) atoms. The van der Waals surface area contributed by atoms with Crippen LogP contribution in [-0.4, -0.2) is 36.6 Å². The Bertz CT molecular complexity index is 850. The van der Waals surface area contributed by atoms with E-state index in [2.05, 4.69) is 0 Å². The summed E-state index contributed by atoms with van der Waals surface area (Å²) in [7, 11) is 1.65. The molecule has 3 rings (SSSR count). The van der Waals surface area contributed by atoms with E-state index in [0.717, 1.165) is 29.8 Å². The van der Waals surface area contributed by atoms with Crippen molar-refractivity contribution in [3.63, 3.8) is 0 Å². The minimum Gasteiger partial charge on any atom is -0.457 e. The van der Waals surface area contributed by atoms with Gasteiger partial charge < -0.3 is 14.0 Å². The normalized spacial score (nSPS) is 14.8. The molecule has 1 aromatic heterocycles. The molecule has 1 fully saturated rings. The van der Waals surface area contributed by atoms with E-state index >= 15 is 0 Å². The maximum atomic E-state index is 12.6. The molecule has 0 aliphatic heterocycles. The first-order valence-corrected chi connectivity index (χ1v) is 9.39. The van der Waals surface area contributed by atoms with Gasteiger partial charge in [0, 0.05) is 35.6 Å². The summed E-state index contributed by atoms with van der Waals surface area (Å²) in [5, 5.41) is 0.627. The summed E-state index contributed by atoms with van der Waals surface area (Å²) < 4.78 is 12.6. The summed E-state index contributed by atoms with van der Waals surface area (Å²) in [5.41, 5.74) is 2.71. The highest BCUT2D eigenvalue weighted by atomic mass is 35.5. The topological polar surface area (TPSA) is 57.5 Å². The van der Waals surface area contributed by atoms with Crippen LogP contribution in [0, 0.1) is 13.8 Å². The minimum atomic E-state index is -0.625. The number of ketones is 1. The van der Waals surface area contributed by atoms with Gasteiger partial charge in [0.2, 0.25) is 5.78 Å². The molecule has 0 amide bonds. The number of carbonyl (C=O) groups is 2. The van der Waals surface area contributed by atoms with E-state index in [1.54, 1.807) is 19.2 Å². The minimum absolute atomic E-state index is 0.188. The van der Waals surface area contributed by atoms with Crippen LogP contribution in [0.5, 0.6) is 0 Å². The number of benzene rings is 1. The van der Waals surface area contributed by atoms with E-state index in [0.29, 0.717) is 23.7 Å². The number of methoxy groups -OCH3 is 1. The average Bonchev–Trinajstić information content (AvgIpc) is 3.41. The van der Waals surface area contributed by atoms with E-state index in [1.807, 2.05) is 36.6 Å². The van der Waals surface area contributed by atoms with Gasteiger partial charge in [0.15, 0.2) is 6.61 Å². The van der Waals surface area contributed by atoms with Crippen molar-refractivity contribution in [1.82, 2.24) is 4.57 Å². The zero-order chi connectivity index (χ0) is 19.6. The van der Waals surface area contributed by atoms with Gasteiger partial charge in [-0.25, -0.2) is 0 Å². The molecule has 0 radical (unpaired) electrons. The molecule has 1 heterocycles. The van der Waals surface area contributed by atoms with Gasteiger partial charge in [-0.2, -0.15) is 0 Å². The van der Waals surface area contributed by atoms with Crippen molar-refractivity contribution in [2.24, 2.45) is 0 Å². The van der Waals surface area contributed by atoms with E-state index in [1.165, 1.54) is 0 Å². The molecule has 0 N–H and O–H groups in total. The van der Waals surface area contributed by atoms with E-state index in [4.69, 9.17) is 21.1 Å². The molecule has 144 valence electrons. The van der Waals surface area contributed by atoms with Gasteiger partial charge in [-0.3, -0.25) is 9.59 Å². The molecule has 0 saturated heterocycles. The van der Waals surface area contributed by atoms with Crippen molar-refractivity contribution in [3.05, 3.63) is 57.9 Å². The zero-order valence-corrected chi connectivity index (χ0v) is 16.6. The quantitative estimate of drug-likeness (QED) is 0.508. The van der Waals surface area contributed by atoms with Crippen LogP contribution in [0.15, 0.2) is 30.3 Å². The fourth-order valence-corrected chi connectivity index (χ4v) is 3.59. The Labute approximate surface area is 164 Å². The lowest BCUT2D eigenvalue weighted by Crippen LogP contribution is -2.26. The Morgan fingerprint density at radius 1 is 1.19 bits per heavy atom. The summed E-state index contributed by atoms with van der Waals surface area (Å²) in [4.78, 5) is 25.2. The fourth-order valence-electron chi connectivity index (χ4n) is 3.46. The molecule has 0 unspecified atom stereocenters. The second kappa shape index (κ2) is 7.87. The van der Waals surface area contributed by atoms with Crippen molar-refractivity contribution in [2.75, 3.05) is 20.3 Å². The summed E-state index contributed by atoms with van der Waals surface area (Å²) >= 11 is 5.92. The van der Waals surface area contributed by atoms with Crippen LogP contribution in [0.4, 0.5) is 0 Å². The molecule has 0 atom stereocenters. The van der Waals surface area contributed by atoms with Gasteiger partial charge in [0.25, 0.3) is 0 Å². The molecular formula is C21H24ClNO4. The molecule has 1 aliphatic carbocycles. The van der Waals surface area contributed by atoms with Crippen LogP contribution in [-0.2, 0) is 26.2 Å². The second-order valence-corrected chi connectivity index (χ2v) is 7.45. The summed E-state index contributed by atoms with van der Waals surface area (Å²) in [6.45, 7) is 4.85. The predicted molar refractivity (Wildman–Crippen MR) is 103 cm³/mol. The highest BCUT2D eigenvalue weighted by Crippen LogP contribution is 2.49. The predicted octanol–water partition coefficient (Wildman–Crippen LogP) is 3.86. The molecule has 1 aromatic carbocycles. The van der Waals surface area contributed by atoms with Crippen molar-refractivity contribution in [1.29, 1.82) is 0 Å². The molecule has 1 saturated carbocycles. The third-order valence-corrected chi connectivity index (χ3v) is 5.52. The maximum Gasteiger partial charge on any atom is 0.317 e. The van der Waals surface area contributed by atoms with Gasteiger partial charge >= 0.3 is 5.97 Å². The van der Waals surface area contributed by atoms with E-state index < -0.39 is 5.41 Å². The van der Waals surface area contributed by atoms with Gasteiger partial charge in [0.05, 0.1) is 12.0 Å². The van der Waals surface area contributed by atoms with Crippen LogP contribution in [0.2, 0.25) is 5.02 Å². The maximum absolute atomic E-state index is 12.6. The number of hydrogen-bond donors (Lipinski definition) is 0. The summed E-state index contributed by atoms with van der Waals surface area (Å²) in [6, 6.07) is 9.07. The number of aryl methyl sites for hydroxylation is 1. The second-order valence-electron chi connectivity index (χ2n) is 7.02. The first-order chi connectivity index (χ1) is 12.9. The Morgan fingerprint density at radius 2 is 1.85 bits per heavy atom. The van der Waals surface area contributed by atoms with Crippen molar-refractivity contribution >= 4 is 23.4 Å². The number of rotatable bonds is 8. The lowest BCUT2D eigenvalue weighted by Gasteiger charge is -2.15. The van der Waals surface area contributed by atoms with Gasteiger partial charge in [-0.05, 0) is 50.5 Å². The Hall–Kier alpha value is -2.11. The molecule has 5 nitrogen and oxygen atoms in total. The SMILES string of the molecule is COCCn1c(C)cc(C(=O)COC(=O)C2(c3ccc(Cl)cc3)CC2)c1C. The van der Waals surface area contributed by atoms with Gasteiger partial charge in [0.1, 0.15) is 0 Å². The number of ether oxygens (including phenoxy) is 2. The molecule has 1 aliphatic rings. The number of halogens is 1. The van der Waals surface area contributed by atoms with Crippen molar-refractivity contribution in [3.8, 4) is 0 Å². The van der Waals surface area contributed by atoms with Crippen LogP contribution < -0.4 is 0 Å². The molecule has 2 aromatic rings. The first kappa shape index (κ1) is 19.6. The van der Waals surface area contributed by atoms with Crippen LogP contribution in [0.3, 0.4) is 0 Å². The lowest BCUT2D eigenvalue weighted by molar-refractivity contribution is -0.145. The van der Waals surface area contributed by atoms with Crippen molar-refractivity contribution in [2.45, 2.75) is 38.6 Å². The standard InChI is InChI=1S/C21H24ClNO4/c1-14-12-18(15(2)23(14)10-11-26-3)19(24)13-27-20(25)21(8-9-21)16-4-6-17(22)7-5-16/h4-7,12H,8-11,13H2,1-3H3. The lowest BCUT2D eigenvalue weighted by atomic mass is 9.96. The number of nitrogens with zero attached hydrogens (tertiary/aromatic N) is 1. The highest BCUT2D eigenvalue weighted by Gasteiger charge is 2.52. The fraction of sp³-hybridized carbons (Fsp3) is 0.429. The summed E-state index contributed by atoms with van der Waals surface area (Å²) in [6.07, 6.45) is 1.46. The number of aromatic nitrogens is 1. The smallest absolute Gasteiger partial charge is 0.317 e. The number of Topliss-reactive ketones (excluding diaryl/α,β-unsaturated/α-hetero) is 1. The average molecular weight is 390 g/mol. The molecule has 6 heteroatoms. The Kier molecular flexibility index (Phi) is 5.72. The van der Waals surface area contributed by atoms with Crippen molar-refractivity contribution < 1.29 is 19.1 Å². The monoisotopic (exact) mass is 389 g/mol. The van der Waals surface area contributed by atoms with Crippen LogP contribution in [0.1, 0.15) is 40.2 Å². The van der Waals surface area contributed by atoms with Crippen LogP contribution >= 0.6 is 11.6 Å².